The van der Waals surface area contributed by atoms with Crippen molar-refractivity contribution in [1.82, 2.24) is 25.4 Å². The number of carbonyl (C=O) groups is 2. The first-order valence-corrected chi connectivity index (χ1v) is 15.2. The number of nitrogens with one attached hydrogen (secondary N) is 2. The third-order valence-electron chi connectivity index (χ3n) is 9.00. The van der Waals surface area contributed by atoms with Crippen LogP contribution in [0.15, 0.2) is 48.7 Å². The van der Waals surface area contributed by atoms with Crippen LogP contribution >= 0.6 is 0 Å². The molecule has 0 radical (unpaired) electrons. The Hall–Kier alpha value is -4.72. The van der Waals surface area contributed by atoms with E-state index in [2.05, 4.69) is 20.7 Å². The van der Waals surface area contributed by atoms with Gasteiger partial charge in [0.2, 0.25) is 11.5 Å². The van der Waals surface area contributed by atoms with E-state index in [1.165, 1.54) is 38.3 Å². The van der Waals surface area contributed by atoms with Gasteiger partial charge in [0.15, 0.2) is 0 Å². The van der Waals surface area contributed by atoms with Gasteiger partial charge in [0, 0.05) is 34.3 Å². The van der Waals surface area contributed by atoms with Gasteiger partial charge in [0.05, 0.1) is 25.4 Å². The van der Waals surface area contributed by atoms with E-state index in [1.54, 1.807) is 10.9 Å². The van der Waals surface area contributed by atoms with Gasteiger partial charge in [-0.1, -0.05) is 0 Å². The molecule has 2 atom stereocenters. The van der Waals surface area contributed by atoms with Crippen LogP contribution in [0.2, 0.25) is 0 Å². The van der Waals surface area contributed by atoms with Gasteiger partial charge >= 0.3 is 6.18 Å². The predicted molar refractivity (Wildman–Crippen MR) is 160 cm³/mol. The summed E-state index contributed by atoms with van der Waals surface area (Å²) in [6.45, 7) is 0.0403. The molecule has 14 heteroatoms. The lowest BCUT2D eigenvalue weighted by molar-refractivity contribution is -0.265. The van der Waals surface area contributed by atoms with Crippen molar-refractivity contribution in [3.05, 3.63) is 71.3 Å². The molecule has 2 aromatic carbocycles. The summed E-state index contributed by atoms with van der Waals surface area (Å²) in [5, 5.41) is 21.6. The Bertz CT molecular complexity index is 1900. The number of aromatic nitrogens is 3. The Morgan fingerprint density at radius 1 is 1.13 bits per heavy atom. The highest BCUT2D eigenvalue weighted by Crippen LogP contribution is 2.48. The van der Waals surface area contributed by atoms with Gasteiger partial charge in [-0.25, -0.2) is 9.37 Å². The predicted octanol–water partition coefficient (Wildman–Crippen LogP) is 4.69. The third-order valence-corrected chi connectivity index (χ3v) is 9.00. The Morgan fingerprint density at radius 3 is 2.49 bits per heavy atom. The van der Waals surface area contributed by atoms with E-state index >= 15 is 0 Å². The molecule has 3 aliphatic rings. The first kappa shape index (κ1) is 30.9. The second-order valence-corrected chi connectivity index (χ2v) is 12.6. The van der Waals surface area contributed by atoms with E-state index in [-0.39, 0.29) is 52.6 Å². The summed E-state index contributed by atoms with van der Waals surface area (Å²) < 4.78 is 71.5. The number of hydrogen-bond donors (Lipinski definition) is 3. The zero-order chi connectivity index (χ0) is 33.3. The number of aliphatic hydroxyl groups is 1. The summed E-state index contributed by atoms with van der Waals surface area (Å²) in [5.41, 5.74) is -5.30. The van der Waals surface area contributed by atoms with Crippen LogP contribution in [0.4, 0.5) is 17.6 Å². The molecule has 0 bridgehead atoms. The van der Waals surface area contributed by atoms with Gasteiger partial charge in [-0.3, -0.25) is 14.3 Å². The Kier molecular flexibility index (Phi) is 7.19. The van der Waals surface area contributed by atoms with Crippen LogP contribution in [0.1, 0.15) is 60.3 Å². The van der Waals surface area contributed by atoms with Crippen LogP contribution in [-0.2, 0) is 15.8 Å². The summed E-state index contributed by atoms with van der Waals surface area (Å²) in [5.74, 6) is -1.61. The van der Waals surface area contributed by atoms with Crippen molar-refractivity contribution in [2.24, 2.45) is 0 Å². The van der Waals surface area contributed by atoms with Gasteiger partial charge in [-0.05, 0) is 75.1 Å². The van der Waals surface area contributed by atoms with Crippen molar-refractivity contribution in [1.29, 1.82) is 0 Å². The van der Waals surface area contributed by atoms with Crippen LogP contribution in [0.5, 0.6) is 11.5 Å². The van der Waals surface area contributed by atoms with Crippen LogP contribution in [0.3, 0.4) is 0 Å². The molecule has 2 amide bonds. The van der Waals surface area contributed by atoms with Crippen molar-refractivity contribution >= 4 is 22.7 Å². The molecular weight excluding hydrogens is 622 g/mol. The Balaban J connectivity index is 1.27. The number of ether oxygens (including phenoxy) is 2. The van der Waals surface area contributed by atoms with Crippen molar-refractivity contribution in [2.75, 3.05) is 20.3 Å². The van der Waals surface area contributed by atoms with Crippen LogP contribution in [-0.4, -0.2) is 64.2 Å². The fourth-order valence-electron chi connectivity index (χ4n) is 5.74. The van der Waals surface area contributed by atoms with Gasteiger partial charge in [0.25, 0.3) is 5.91 Å². The number of pyridine rings is 1. The molecule has 10 nitrogen and oxygen atoms in total. The minimum Gasteiger partial charge on any atom is -0.494 e. The largest absolute Gasteiger partial charge is 0.494 e. The molecular formula is C33H31F4N5O5. The maximum absolute atomic E-state index is 14.9. The van der Waals surface area contributed by atoms with E-state index in [0.717, 1.165) is 43.9 Å². The molecule has 47 heavy (non-hydrogen) atoms. The van der Waals surface area contributed by atoms with Crippen molar-refractivity contribution in [2.45, 2.75) is 61.9 Å². The number of benzene rings is 2. The monoisotopic (exact) mass is 653 g/mol. The van der Waals surface area contributed by atoms with Gasteiger partial charge in [-0.2, -0.15) is 18.3 Å². The van der Waals surface area contributed by atoms with Crippen molar-refractivity contribution < 1.29 is 41.7 Å². The summed E-state index contributed by atoms with van der Waals surface area (Å²) in [6.07, 6.45) is -0.0746. The van der Waals surface area contributed by atoms with Gasteiger partial charge in [-0.15, -0.1) is 0 Å². The second-order valence-electron chi connectivity index (χ2n) is 12.6. The van der Waals surface area contributed by atoms with E-state index in [9.17, 15) is 32.3 Å². The van der Waals surface area contributed by atoms with E-state index < -0.39 is 47.1 Å². The smallest absolute Gasteiger partial charge is 0.424 e. The zero-order valence-corrected chi connectivity index (χ0v) is 25.4. The fourth-order valence-corrected chi connectivity index (χ4v) is 5.74. The standard InChI is InChI=1S/C33H31F4N5O5/c1-31(30(44)39-21-7-8-21)16-47-28-23(31)13-25(40-27(28)17-3-5-20(34)6-4-17)32(45,33(35,36)37)15-38-29(43)18-11-19-14-42(22-9-10-22)41-26(19)24(12-18)46-2/h3-6,11-14,21-22,45H,7-10,15-16H2,1-2H3,(H,38,43)(H,39,44)/t31-,32-/m0/s1. The summed E-state index contributed by atoms with van der Waals surface area (Å²) in [7, 11) is 1.40. The summed E-state index contributed by atoms with van der Waals surface area (Å²) >= 11 is 0. The maximum Gasteiger partial charge on any atom is 0.424 e. The molecule has 2 fully saturated rings. The van der Waals surface area contributed by atoms with E-state index in [0.29, 0.717) is 10.9 Å². The number of halogens is 4. The number of fused-ring (bicyclic) bond motifs is 2. The highest BCUT2D eigenvalue weighted by Gasteiger charge is 2.58. The average molecular weight is 654 g/mol. The molecule has 3 heterocycles. The lowest BCUT2D eigenvalue weighted by Crippen LogP contribution is -2.52. The minimum atomic E-state index is -5.33. The normalized spacial score (nSPS) is 20.3. The van der Waals surface area contributed by atoms with Crippen LogP contribution < -0.4 is 20.1 Å². The highest BCUT2D eigenvalue weighted by atomic mass is 19.4. The molecule has 4 aromatic rings. The number of carbonyl (C=O) groups excluding carboxylic acids is 2. The SMILES string of the molecule is COc1cc(C(=O)NC[C@](O)(c2cc3c(c(-c4ccc(F)cc4)n2)OC[C@]3(C)C(=O)NC2CC2)C(F)(F)F)cc2cn(C3CC3)nc12. The molecule has 246 valence electrons. The maximum atomic E-state index is 14.9. The minimum absolute atomic E-state index is 0.000794. The summed E-state index contributed by atoms with van der Waals surface area (Å²) in [4.78, 5) is 30.9. The Labute approximate surface area is 266 Å². The number of amides is 2. The number of hydrogen-bond acceptors (Lipinski definition) is 7. The molecule has 2 aromatic heterocycles. The molecule has 2 aliphatic carbocycles. The van der Waals surface area contributed by atoms with E-state index in [1.807, 2.05) is 0 Å². The van der Waals surface area contributed by atoms with Crippen LogP contribution in [0.25, 0.3) is 22.2 Å². The third kappa shape index (κ3) is 5.43. The second kappa shape index (κ2) is 10.9. The molecule has 7 rings (SSSR count). The van der Waals surface area contributed by atoms with E-state index in [4.69, 9.17) is 9.47 Å². The van der Waals surface area contributed by atoms with Crippen molar-refractivity contribution in [3.8, 4) is 22.8 Å². The molecule has 2 saturated carbocycles. The lowest BCUT2D eigenvalue weighted by atomic mass is 9.81. The molecule has 1 aliphatic heterocycles. The molecule has 0 saturated heterocycles. The number of alkyl halides is 3. The number of rotatable bonds is 9. The molecule has 0 unspecified atom stereocenters. The van der Waals surface area contributed by atoms with Gasteiger partial charge in [0.1, 0.15) is 40.5 Å². The van der Waals surface area contributed by atoms with Gasteiger partial charge < -0.3 is 25.2 Å². The Morgan fingerprint density at radius 2 is 1.85 bits per heavy atom. The highest BCUT2D eigenvalue weighted by molar-refractivity contribution is 6.00. The fraction of sp³-hybridized carbons (Fsp3) is 0.394. The molecule has 0 spiro atoms. The molecule has 3 N–H and O–H groups in total. The average Bonchev–Trinajstić information content (AvgIpc) is 3.98. The summed E-state index contributed by atoms with van der Waals surface area (Å²) in [6, 6.07) is 8.93. The number of nitrogens with zero attached hydrogens (tertiary/aromatic N) is 3. The first-order chi connectivity index (χ1) is 22.3. The van der Waals surface area contributed by atoms with Crippen molar-refractivity contribution in [3.63, 3.8) is 0 Å². The lowest BCUT2D eigenvalue weighted by Gasteiger charge is -2.31. The quantitative estimate of drug-likeness (QED) is 0.224. The zero-order valence-electron chi connectivity index (χ0n) is 25.4. The van der Waals surface area contributed by atoms with Crippen LogP contribution in [0, 0.1) is 5.82 Å². The first-order valence-electron chi connectivity index (χ1n) is 15.2. The number of methoxy groups -OCH3 is 1. The topological polar surface area (TPSA) is 128 Å².